The third-order valence-electron chi connectivity index (χ3n) is 4.82. The van der Waals surface area contributed by atoms with Crippen molar-refractivity contribution < 1.29 is 19.1 Å². The van der Waals surface area contributed by atoms with Gasteiger partial charge in [-0.3, -0.25) is 9.59 Å². The summed E-state index contributed by atoms with van der Waals surface area (Å²) in [6.07, 6.45) is 1.03. The summed E-state index contributed by atoms with van der Waals surface area (Å²) in [6.45, 7) is 12.8. The Balaban J connectivity index is 2.27. The summed E-state index contributed by atoms with van der Waals surface area (Å²) in [6, 6.07) is 5.02. The quantitative estimate of drug-likeness (QED) is 0.712. The van der Waals surface area contributed by atoms with Crippen LogP contribution in [0.15, 0.2) is 18.2 Å². The summed E-state index contributed by atoms with van der Waals surface area (Å²) in [5, 5.41) is 5.47. The predicted octanol–water partition coefficient (Wildman–Crippen LogP) is 3.38. The van der Waals surface area contributed by atoms with Gasteiger partial charge < -0.3 is 20.3 Å². The molecule has 166 valence electrons. The summed E-state index contributed by atoms with van der Waals surface area (Å²) < 4.78 is 5.22. The number of nitrogens with one attached hydrogen (secondary N) is 2. The molecule has 1 saturated carbocycles. The van der Waals surface area contributed by atoms with Crippen molar-refractivity contribution in [2.75, 3.05) is 6.54 Å². The van der Waals surface area contributed by atoms with Crippen molar-refractivity contribution in [2.45, 2.75) is 85.0 Å². The number of ether oxygens (including phenoxy) is 1. The van der Waals surface area contributed by atoms with Crippen molar-refractivity contribution in [2.24, 2.45) is 0 Å². The van der Waals surface area contributed by atoms with Crippen LogP contribution in [0.1, 0.15) is 70.2 Å². The molecule has 0 saturated heterocycles. The van der Waals surface area contributed by atoms with Crippen LogP contribution in [0.5, 0.6) is 0 Å². The molecule has 0 radical (unpaired) electrons. The maximum absolute atomic E-state index is 13.1. The fourth-order valence-corrected chi connectivity index (χ4v) is 3.20. The summed E-state index contributed by atoms with van der Waals surface area (Å²) in [5.41, 5.74) is 2.30. The number of nitrogens with zero attached hydrogens (tertiary/aromatic N) is 1. The van der Waals surface area contributed by atoms with E-state index in [0.717, 1.165) is 29.5 Å². The Morgan fingerprint density at radius 2 is 1.77 bits per heavy atom. The highest BCUT2D eigenvalue weighted by atomic mass is 16.6. The Hall–Kier alpha value is -2.57. The molecular weight excluding hydrogens is 382 g/mol. The van der Waals surface area contributed by atoms with Crippen LogP contribution in [-0.4, -0.2) is 47.0 Å². The van der Waals surface area contributed by atoms with Crippen LogP contribution in [0, 0.1) is 13.8 Å². The third-order valence-corrected chi connectivity index (χ3v) is 4.82. The summed E-state index contributed by atoms with van der Waals surface area (Å²) in [4.78, 5) is 39.9. The van der Waals surface area contributed by atoms with Crippen LogP contribution in [0.25, 0.3) is 0 Å². The van der Waals surface area contributed by atoms with Gasteiger partial charge in [0.15, 0.2) is 0 Å². The van der Waals surface area contributed by atoms with Gasteiger partial charge in [-0.25, -0.2) is 4.79 Å². The van der Waals surface area contributed by atoms with Crippen molar-refractivity contribution in [3.63, 3.8) is 0 Å². The molecule has 30 heavy (non-hydrogen) atoms. The minimum absolute atomic E-state index is 0.0116. The second-order valence-electron chi connectivity index (χ2n) is 9.30. The second kappa shape index (κ2) is 9.49. The van der Waals surface area contributed by atoms with Crippen LogP contribution in [0.4, 0.5) is 4.79 Å². The molecular formula is C23H35N3O4. The standard InChI is InChI=1S/C23H35N3O4/c1-14(2)25-21(28)20(17-9-8-15(3)16(4)12-17)26(18-10-11-18)19(27)13-24-22(29)30-23(5,6)7/h8-9,12,14,18,20H,10-11,13H2,1-7H3,(H,24,29)(H,25,28). The number of carbonyl (C=O) groups is 3. The lowest BCUT2D eigenvalue weighted by Gasteiger charge is -2.32. The molecule has 2 rings (SSSR count). The largest absolute Gasteiger partial charge is 0.444 e. The average molecular weight is 418 g/mol. The van der Waals surface area contributed by atoms with Crippen molar-refractivity contribution in [3.05, 3.63) is 34.9 Å². The minimum atomic E-state index is -0.743. The Morgan fingerprint density at radius 3 is 2.27 bits per heavy atom. The lowest BCUT2D eigenvalue weighted by atomic mass is 9.98. The van der Waals surface area contributed by atoms with Crippen LogP contribution in [0.2, 0.25) is 0 Å². The normalized spacial score (nSPS) is 14.8. The third kappa shape index (κ3) is 6.75. The Kier molecular flexibility index (Phi) is 7.50. The number of aryl methyl sites for hydroxylation is 2. The number of carbonyl (C=O) groups excluding carboxylic acids is 3. The van der Waals surface area contributed by atoms with Gasteiger partial charge in [0.25, 0.3) is 0 Å². The Labute approximate surface area is 179 Å². The van der Waals surface area contributed by atoms with Gasteiger partial charge >= 0.3 is 6.09 Å². The second-order valence-corrected chi connectivity index (χ2v) is 9.30. The molecule has 1 atom stereocenters. The van der Waals surface area contributed by atoms with Gasteiger partial charge in [0.1, 0.15) is 18.2 Å². The Morgan fingerprint density at radius 1 is 1.13 bits per heavy atom. The van der Waals surface area contributed by atoms with E-state index in [1.807, 2.05) is 45.9 Å². The van der Waals surface area contributed by atoms with Crippen molar-refractivity contribution in [1.29, 1.82) is 0 Å². The molecule has 1 aromatic rings. The maximum Gasteiger partial charge on any atom is 0.408 e. The van der Waals surface area contributed by atoms with Crippen molar-refractivity contribution in [3.8, 4) is 0 Å². The summed E-state index contributed by atoms with van der Waals surface area (Å²) in [7, 11) is 0. The van der Waals surface area contributed by atoms with Gasteiger partial charge in [-0.05, 0) is 78.0 Å². The minimum Gasteiger partial charge on any atom is -0.444 e. The van der Waals surface area contributed by atoms with Crippen molar-refractivity contribution >= 4 is 17.9 Å². The number of benzene rings is 1. The molecule has 7 nitrogen and oxygen atoms in total. The number of amides is 3. The van der Waals surface area contributed by atoms with Gasteiger partial charge in [0.05, 0.1) is 0 Å². The van der Waals surface area contributed by atoms with Gasteiger partial charge in [-0.15, -0.1) is 0 Å². The van der Waals surface area contributed by atoms with Crippen LogP contribution in [-0.2, 0) is 14.3 Å². The van der Waals surface area contributed by atoms with E-state index in [2.05, 4.69) is 10.6 Å². The monoisotopic (exact) mass is 417 g/mol. The van der Waals surface area contributed by atoms with E-state index >= 15 is 0 Å². The van der Waals surface area contributed by atoms with Crippen molar-refractivity contribution in [1.82, 2.24) is 15.5 Å². The van der Waals surface area contributed by atoms with Gasteiger partial charge in [-0.1, -0.05) is 18.2 Å². The highest BCUT2D eigenvalue weighted by Gasteiger charge is 2.41. The SMILES string of the molecule is Cc1ccc(C(C(=O)NC(C)C)N(C(=O)CNC(=O)OC(C)(C)C)C2CC2)cc1C. The Bertz CT molecular complexity index is 794. The van der Waals surface area contributed by atoms with Crippen LogP contribution in [0.3, 0.4) is 0 Å². The fourth-order valence-electron chi connectivity index (χ4n) is 3.20. The zero-order valence-corrected chi connectivity index (χ0v) is 19.2. The highest BCUT2D eigenvalue weighted by molar-refractivity contribution is 5.91. The lowest BCUT2D eigenvalue weighted by molar-refractivity contribution is -0.141. The molecule has 0 bridgehead atoms. The fraction of sp³-hybridized carbons (Fsp3) is 0.609. The predicted molar refractivity (Wildman–Crippen MR) is 116 cm³/mol. The van der Waals surface area contributed by atoms with E-state index in [1.165, 1.54) is 0 Å². The van der Waals surface area contributed by atoms with Crippen LogP contribution >= 0.6 is 0 Å². The first kappa shape index (κ1) is 23.7. The molecule has 0 aliphatic heterocycles. The van der Waals surface area contributed by atoms with E-state index in [0.29, 0.717) is 0 Å². The summed E-state index contributed by atoms with van der Waals surface area (Å²) >= 11 is 0. The summed E-state index contributed by atoms with van der Waals surface area (Å²) in [5.74, 6) is -0.517. The van der Waals surface area contributed by atoms with Gasteiger partial charge in [0.2, 0.25) is 11.8 Å². The van der Waals surface area contributed by atoms with Crippen LogP contribution < -0.4 is 10.6 Å². The van der Waals surface area contributed by atoms with Gasteiger partial charge in [-0.2, -0.15) is 0 Å². The molecule has 2 N–H and O–H groups in total. The lowest BCUT2D eigenvalue weighted by Crippen LogP contribution is -2.49. The van der Waals surface area contributed by atoms with E-state index in [4.69, 9.17) is 4.74 Å². The van der Waals surface area contributed by atoms with Gasteiger partial charge in [0, 0.05) is 12.1 Å². The average Bonchev–Trinajstić information content (AvgIpc) is 3.42. The molecule has 1 fully saturated rings. The van der Waals surface area contributed by atoms with E-state index in [9.17, 15) is 14.4 Å². The first-order valence-electron chi connectivity index (χ1n) is 10.5. The number of hydrogen-bond acceptors (Lipinski definition) is 4. The molecule has 0 aromatic heterocycles. The molecule has 0 spiro atoms. The first-order valence-corrected chi connectivity index (χ1v) is 10.5. The number of alkyl carbamates (subject to hydrolysis) is 1. The molecule has 1 aliphatic carbocycles. The highest BCUT2D eigenvalue weighted by Crippen LogP contribution is 2.35. The molecule has 1 aromatic carbocycles. The smallest absolute Gasteiger partial charge is 0.408 e. The molecule has 7 heteroatoms. The molecule has 1 unspecified atom stereocenters. The zero-order chi connectivity index (χ0) is 22.6. The van der Waals surface area contributed by atoms with E-state index in [1.54, 1.807) is 25.7 Å². The first-order chi connectivity index (χ1) is 13.9. The number of rotatable bonds is 7. The zero-order valence-electron chi connectivity index (χ0n) is 19.2. The van der Waals surface area contributed by atoms with E-state index < -0.39 is 17.7 Å². The molecule has 1 aliphatic rings. The topological polar surface area (TPSA) is 87.7 Å². The molecule has 0 heterocycles. The molecule has 3 amide bonds. The maximum atomic E-state index is 13.1. The number of hydrogen-bond donors (Lipinski definition) is 2. The van der Waals surface area contributed by atoms with E-state index in [-0.39, 0.29) is 30.4 Å².